The minimum absolute atomic E-state index is 0.00477. The summed E-state index contributed by atoms with van der Waals surface area (Å²) in [7, 11) is 0. The topological polar surface area (TPSA) is 129 Å². The highest BCUT2D eigenvalue weighted by Gasteiger charge is 2.39. The first-order chi connectivity index (χ1) is 17.8. The van der Waals surface area contributed by atoms with Gasteiger partial charge in [0, 0.05) is 48.2 Å². The lowest BCUT2D eigenvalue weighted by atomic mass is 9.87. The molecule has 2 fully saturated rings. The Kier molecular flexibility index (Phi) is 5.51. The molecule has 1 unspecified atom stereocenters. The maximum Gasteiger partial charge on any atom is 0.270 e. The molecule has 3 aliphatic rings. The quantitative estimate of drug-likeness (QED) is 0.377. The Morgan fingerprint density at radius 2 is 1.81 bits per heavy atom. The zero-order valence-electron chi connectivity index (χ0n) is 20.7. The molecule has 2 aromatic carbocycles. The maximum atomic E-state index is 13.3. The van der Waals surface area contributed by atoms with Gasteiger partial charge in [-0.15, -0.1) is 0 Å². The molecule has 1 atom stereocenters. The van der Waals surface area contributed by atoms with Crippen LogP contribution in [0.2, 0.25) is 0 Å². The summed E-state index contributed by atoms with van der Waals surface area (Å²) in [6, 6.07) is 11.0. The molecular weight excluding hydrogens is 470 g/mol. The third-order valence-electron chi connectivity index (χ3n) is 8.10. The van der Waals surface area contributed by atoms with Gasteiger partial charge >= 0.3 is 0 Å². The molecule has 4 amide bonds. The molecule has 0 aliphatic carbocycles. The van der Waals surface area contributed by atoms with E-state index in [2.05, 4.69) is 16.4 Å². The molecule has 3 aromatic rings. The largest absolute Gasteiger partial charge is 0.399 e. The van der Waals surface area contributed by atoms with Gasteiger partial charge in [0.15, 0.2) is 0 Å². The molecule has 0 spiro atoms. The highest BCUT2D eigenvalue weighted by atomic mass is 16.2. The first kappa shape index (κ1) is 23.3. The number of nitrogen functional groups attached to an aromatic ring is 1. The number of H-pyrrole nitrogens is 1. The molecule has 37 heavy (non-hydrogen) atoms. The van der Waals surface area contributed by atoms with Crippen molar-refractivity contribution >= 4 is 40.2 Å². The van der Waals surface area contributed by atoms with Crippen LogP contribution in [-0.4, -0.2) is 57.5 Å². The average molecular weight is 500 g/mol. The van der Waals surface area contributed by atoms with Crippen LogP contribution in [0.25, 0.3) is 10.9 Å². The van der Waals surface area contributed by atoms with E-state index >= 15 is 0 Å². The van der Waals surface area contributed by atoms with Crippen LogP contribution < -0.4 is 11.1 Å². The van der Waals surface area contributed by atoms with Crippen molar-refractivity contribution in [2.75, 3.05) is 18.8 Å². The Bertz CT molecular complexity index is 1470. The number of carbonyl (C=O) groups excluding carboxylic acids is 4. The molecule has 3 aliphatic heterocycles. The molecule has 9 heteroatoms. The predicted molar refractivity (Wildman–Crippen MR) is 138 cm³/mol. The van der Waals surface area contributed by atoms with Gasteiger partial charge < -0.3 is 20.5 Å². The number of fused-ring (bicyclic) bond motifs is 2. The summed E-state index contributed by atoms with van der Waals surface area (Å²) in [4.78, 5) is 56.8. The minimum atomic E-state index is -0.611. The smallest absolute Gasteiger partial charge is 0.270 e. The molecule has 4 N–H and O–H groups in total. The molecule has 0 bridgehead atoms. The molecule has 9 nitrogen and oxygen atoms in total. The van der Waals surface area contributed by atoms with E-state index in [0.717, 1.165) is 40.4 Å². The van der Waals surface area contributed by atoms with E-state index in [1.807, 2.05) is 42.2 Å². The van der Waals surface area contributed by atoms with Gasteiger partial charge in [-0.2, -0.15) is 0 Å². The Balaban J connectivity index is 1.13. The number of rotatable bonds is 3. The number of hydrogen-bond donors (Lipinski definition) is 3. The lowest BCUT2D eigenvalue weighted by Gasteiger charge is -2.32. The third-order valence-corrected chi connectivity index (χ3v) is 8.10. The average Bonchev–Trinajstić information content (AvgIpc) is 3.39. The lowest BCUT2D eigenvalue weighted by Crippen LogP contribution is -2.52. The number of benzene rings is 2. The van der Waals surface area contributed by atoms with E-state index in [-0.39, 0.29) is 30.1 Å². The molecule has 6 rings (SSSR count). The SMILES string of the molecule is Cc1c(C(=O)N2CCC(c3ccc4c(c3)CN(C3CCC(=O)NC3=O)C4=O)CC2)[nH]c2cc(N)ccc12. The fourth-order valence-corrected chi connectivity index (χ4v) is 5.99. The number of hydrogen-bond acceptors (Lipinski definition) is 5. The zero-order valence-corrected chi connectivity index (χ0v) is 20.7. The second-order valence-corrected chi connectivity index (χ2v) is 10.3. The Morgan fingerprint density at radius 3 is 2.57 bits per heavy atom. The molecule has 4 heterocycles. The molecule has 2 saturated heterocycles. The number of nitrogens with one attached hydrogen (secondary N) is 2. The van der Waals surface area contributed by atoms with Gasteiger partial charge in [0.05, 0.1) is 0 Å². The van der Waals surface area contributed by atoms with Crippen LogP contribution in [0.4, 0.5) is 5.69 Å². The van der Waals surface area contributed by atoms with Crippen molar-refractivity contribution in [3.05, 3.63) is 64.3 Å². The Morgan fingerprint density at radius 1 is 1.03 bits per heavy atom. The van der Waals surface area contributed by atoms with Crippen molar-refractivity contribution in [3.63, 3.8) is 0 Å². The summed E-state index contributed by atoms with van der Waals surface area (Å²) in [5.41, 5.74) is 11.7. The van der Waals surface area contributed by atoms with Crippen molar-refractivity contribution in [3.8, 4) is 0 Å². The van der Waals surface area contributed by atoms with Crippen LogP contribution >= 0.6 is 0 Å². The van der Waals surface area contributed by atoms with Crippen molar-refractivity contribution in [2.24, 2.45) is 0 Å². The second-order valence-electron chi connectivity index (χ2n) is 10.3. The first-order valence-corrected chi connectivity index (χ1v) is 12.7. The van der Waals surface area contributed by atoms with Gasteiger partial charge in [-0.25, -0.2) is 0 Å². The molecule has 190 valence electrons. The number of piperidine rings is 2. The van der Waals surface area contributed by atoms with Crippen LogP contribution in [0.5, 0.6) is 0 Å². The number of imide groups is 1. The number of aryl methyl sites for hydroxylation is 1. The van der Waals surface area contributed by atoms with E-state index in [9.17, 15) is 19.2 Å². The van der Waals surface area contributed by atoms with Crippen LogP contribution in [0.1, 0.15) is 69.1 Å². The highest BCUT2D eigenvalue weighted by molar-refractivity contribution is 6.05. The Hall–Kier alpha value is -4.14. The molecular formula is C28H29N5O4. The van der Waals surface area contributed by atoms with Gasteiger partial charge in [-0.05, 0) is 67.0 Å². The number of carbonyl (C=O) groups is 4. The maximum absolute atomic E-state index is 13.3. The molecule has 1 aromatic heterocycles. The predicted octanol–water partition coefficient (Wildman–Crippen LogP) is 2.84. The van der Waals surface area contributed by atoms with Crippen LogP contribution in [0.15, 0.2) is 36.4 Å². The molecule has 0 saturated carbocycles. The first-order valence-electron chi connectivity index (χ1n) is 12.7. The van der Waals surface area contributed by atoms with Crippen molar-refractivity contribution in [1.82, 2.24) is 20.1 Å². The number of nitrogens with zero attached hydrogens (tertiary/aromatic N) is 2. The number of aromatic nitrogens is 1. The lowest BCUT2D eigenvalue weighted by molar-refractivity contribution is -0.136. The minimum Gasteiger partial charge on any atom is -0.399 e. The van der Waals surface area contributed by atoms with Gasteiger partial charge in [-0.3, -0.25) is 24.5 Å². The Labute approximate surface area is 214 Å². The van der Waals surface area contributed by atoms with E-state index in [4.69, 9.17) is 5.73 Å². The standard InChI is InChI=1S/C28H29N5O4/c1-15-20-5-3-19(29)13-22(20)30-25(15)28(37)32-10-8-16(9-11-32)17-2-4-21-18(12-17)14-33(27(21)36)23-6-7-24(34)31-26(23)35/h2-5,12-13,16,23,30H,6-11,14,29H2,1H3,(H,31,34,35). The monoisotopic (exact) mass is 499 g/mol. The normalized spacial score (nSPS) is 20.5. The second kappa shape index (κ2) is 8.76. The van der Waals surface area contributed by atoms with Crippen LogP contribution in [0, 0.1) is 6.92 Å². The number of amides is 4. The number of likely N-dealkylation sites (tertiary alicyclic amines) is 1. The van der Waals surface area contributed by atoms with Crippen molar-refractivity contribution < 1.29 is 19.2 Å². The van der Waals surface area contributed by atoms with Crippen LogP contribution in [0.3, 0.4) is 0 Å². The van der Waals surface area contributed by atoms with Gasteiger partial charge in [0.2, 0.25) is 11.8 Å². The van der Waals surface area contributed by atoms with Crippen LogP contribution in [-0.2, 0) is 16.1 Å². The van der Waals surface area contributed by atoms with Gasteiger partial charge in [0.25, 0.3) is 11.8 Å². The zero-order chi connectivity index (χ0) is 25.8. The highest BCUT2D eigenvalue weighted by Crippen LogP contribution is 2.34. The van der Waals surface area contributed by atoms with Crippen molar-refractivity contribution in [2.45, 2.75) is 51.1 Å². The van der Waals surface area contributed by atoms with Crippen molar-refractivity contribution in [1.29, 1.82) is 0 Å². The summed E-state index contributed by atoms with van der Waals surface area (Å²) < 4.78 is 0. The fourth-order valence-electron chi connectivity index (χ4n) is 5.99. The van der Waals surface area contributed by atoms with E-state index in [1.54, 1.807) is 4.90 Å². The third kappa shape index (κ3) is 3.94. The van der Waals surface area contributed by atoms with E-state index in [1.165, 1.54) is 0 Å². The number of anilines is 1. The molecule has 0 radical (unpaired) electrons. The number of nitrogens with two attached hydrogens (primary N) is 1. The van der Waals surface area contributed by atoms with Gasteiger partial charge in [0.1, 0.15) is 11.7 Å². The summed E-state index contributed by atoms with van der Waals surface area (Å²) in [5.74, 6) is -0.556. The summed E-state index contributed by atoms with van der Waals surface area (Å²) >= 11 is 0. The summed E-state index contributed by atoms with van der Waals surface area (Å²) in [5, 5.41) is 3.35. The summed E-state index contributed by atoms with van der Waals surface area (Å²) in [6.45, 7) is 3.63. The van der Waals surface area contributed by atoms with Gasteiger partial charge in [-0.1, -0.05) is 18.2 Å². The number of aromatic amines is 1. The van der Waals surface area contributed by atoms with E-state index in [0.29, 0.717) is 43.0 Å². The summed E-state index contributed by atoms with van der Waals surface area (Å²) in [6.07, 6.45) is 2.27. The fraction of sp³-hybridized carbons (Fsp3) is 0.357. The van der Waals surface area contributed by atoms with E-state index < -0.39 is 11.9 Å².